The van der Waals surface area contributed by atoms with E-state index in [0.29, 0.717) is 12.5 Å². The second-order valence-electron chi connectivity index (χ2n) is 4.75. The molecule has 1 atom stereocenters. The topological polar surface area (TPSA) is 34.1 Å². The Morgan fingerprint density at radius 2 is 1.90 bits per heavy atom. The first-order valence-corrected chi connectivity index (χ1v) is 7.17. The zero-order chi connectivity index (χ0) is 14.4. The maximum absolute atomic E-state index is 5.54. The minimum Gasteiger partial charge on any atom is -0.476 e. The molecule has 0 bridgehead atoms. The summed E-state index contributed by atoms with van der Waals surface area (Å²) in [5.41, 5.74) is 3.55. The van der Waals surface area contributed by atoms with Crippen LogP contribution in [0.25, 0.3) is 0 Å². The molecule has 0 amide bonds. The van der Waals surface area contributed by atoms with Gasteiger partial charge in [0.2, 0.25) is 5.88 Å². The molecular weight excluding hydrogens is 248 g/mol. The van der Waals surface area contributed by atoms with Gasteiger partial charge in [-0.05, 0) is 43.5 Å². The third-order valence-electron chi connectivity index (χ3n) is 3.31. The van der Waals surface area contributed by atoms with E-state index in [0.717, 1.165) is 12.1 Å². The van der Waals surface area contributed by atoms with Crippen LogP contribution < -0.4 is 10.1 Å². The predicted molar refractivity (Wildman–Crippen MR) is 83.3 cm³/mol. The van der Waals surface area contributed by atoms with Gasteiger partial charge in [-0.2, -0.15) is 0 Å². The van der Waals surface area contributed by atoms with Crippen molar-refractivity contribution in [2.75, 3.05) is 11.9 Å². The molecule has 2 aromatic rings. The highest BCUT2D eigenvalue weighted by Crippen LogP contribution is 2.26. The van der Waals surface area contributed by atoms with Crippen LogP contribution in [0.5, 0.6) is 5.88 Å². The van der Waals surface area contributed by atoms with E-state index in [1.165, 1.54) is 11.1 Å². The van der Waals surface area contributed by atoms with Crippen molar-refractivity contribution >= 4 is 5.69 Å². The Bertz CT molecular complexity index is 537. The molecule has 3 heteroatoms. The van der Waals surface area contributed by atoms with E-state index >= 15 is 0 Å². The molecule has 0 saturated carbocycles. The van der Waals surface area contributed by atoms with E-state index in [-0.39, 0.29) is 6.04 Å². The molecule has 0 aliphatic heterocycles. The Labute approximate surface area is 121 Å². The zero-order valence-electron chi connectivity index (χ0n) is 12.4. The fourth-order valence-corrected chi connectivity index (χ4v) is 2.11. The SMILES string of the molecule is CCOc1ncccc1NC(C)c1ccc(CC)cc1. The molecule has 1 aromatic heterocycles. The Kier molecular flexibility index (Phi) is 4.99. The Morgan fingerprint density at radius 1 is 1.15 bits per heavy atom. The van der Waals surface area contributed by atoms with Crippen molar-refractivity contribution in [3.63, 3.8) is 0 Å². The fourth-order valence-electron chi connectivity index (χ4n) is 2.11. The van der Waals surface area contributed by atoms with Gasteiger partial charge in [-0.3, -0.25) is 0 Å². The summed E-state index contributed by atoms with van der Waals surface area (Å²) in [6.45, 7) is 6.89. The number of hydrogen-bond acceptors (Lipinski definition) is 3. The molecule has 3 nitrogen and oxygen atoms in total. The highest BCUT2D eigenvalue weighted by Gasteiger charge is 2.09. The van der Waals surface area contributed by atoms with Crippen molar-refractivity contribution in [3.05, 3.63) is 53.7 Å². The quantitative estimate of drug-likeness (QED) is 0.853. The zero-order valence-corrected chi connectivity index (χ0v) is 12.4. The van der Waals surface area contributed by atoms with Gasteiger partial charge in [-0.1, -0.05) is 31.2 Å². The molecule has 0 saturated heterocycles. The van der Waals surface area contributed by atoms with Crippen LogP contribution in [0.2, 0.25) is 0 Å². The van der Waals surface area contributed by atoms with Crippen molar-refractivity contribution < 1.29 is 4.74 Å². The molecule has 106 valence electrons. The normalized spacial score (nSPS) is 11.9. The number of benzene rings is 1. The van der Waals surface area contributed by atoms with Gasteiger partial charge in [0.05, 0.1) is 12.3 Å². The van der Waals surface area contributed by atoms with Crippen molar-refractivity contribution in [2.45, 2.75) is 33.2 Å². The Balaban J connectivity index is 2.12. The van der Waals surface area contributed by atoms with Gasteiger partial charge in [-0.15, -0.1) is 0 Å². The number of aryl methyl sites for hydroxylation is 1. The van der Waals surface area contributed by atoms with Crippen molar-refractivity contribution in [3.8, 4) is 5.88 Å². The van der Waals surface area contributed by atoms with Crippen LogP contribution in [-0.2, 0) is 6.42 Å². The summed E-state index contributed by atoms with van der Waals surface area (Å²) in [4.78, 5) is 4.26. The van der Waals surface area contributed by atoms with Crippen LogP contribution in [0.4, 0.5) is 5.69 Å². The summed E-state index contributed by atoms with van der Waals surface area (Å²) in [6, 6.07) is 12.8. The standard InChI is InChI=1S/C17H22N2O/c1-4-14-8-10-15(11-9-14)13(3)19-16-7-6-12-18-17(16)20-5-2/h6-13,19H,4-5H2,1-3H3. The molecule has 1 unspecified atom stereocenters. The molecule has 1 N–H and O–H groups in total. The molecule has 1 aromatic carbocycles. The third kappa shape index (κ3) is 3.50. The first-order valence-electron chi connectivity index (χ1n) is 7.17. The summed E-state index contributed by atoms with van der Waals surface area (Å²) in [7, 11) is 0. The number of aromatic nitrogens is 1. The second kappa shape index (κ2) is 6.94. The predicted octanol–water partition coefficient (Wildman–Crippen LogP) is 4.22. The van der Waals surface area contributed by atoms with Crippen molar-refractivity contribution in [1.82, 2.24) is 4.98 Å². The van der Waals surface area contributed by atoms with Crippen LogP contribution >= 0.6 is 0 Å². The molecule has 0 spiro atoms. The molecule has 1 heterocycles. The van der Waals surface area contributed by atoms with Crippen molar-refractivity contribution in [1.29, 1.82) is 0 Å². The van der Waals surface area contributed by atoms with Gasteiger partial charge < -0.3 is 10.1 Å². The highest BCUT2D eigenvalue weighted by atomic mass is 16.5. The highest BCUT2D eigenvalue weighted by molar-refractivity contribution is 5.53. The molecule has 0 fully saturated rings. The van der Waals surface area contributed by atoms with Gasteiger partial charge in [0.25, 0.3) is 0 Å². The van der Waals surface area contributed by atoms with Gasteiger partial charge in [0, 0.05) is 12.2 Å². The van der Waals surface area contributed by atoms with E-state index in [9.17, 15) is 0 Å². The smallest absolute Gasteiger partial charge is 0.237 e. The van der Waals surface area contributed by atoms with Crippen LogP contribution in [0.15, 0.2) is 42.6 Å². The first-order chi connectivity index (χ1) is 9.74. The number of hydrogen-bond donors (Lipinski definition) is 1. The van der Waals surface area contributed by atoms with Crippen LogP contribution in [0.1, 0.15) is 37.9 Å². The monoisotopic (exact) mass is 270 g/mol. The summed E-state index contributed by atoms with van der Waals surface area (Å²) >= 11 is 0. The summed E-state index contributed by atoms with van der Waals surface area (Å²) < 4.78 is 5.54. The molecule has 20 heavy (non-hydrogen) atoms. The third-order valence-corrected chi connectivity index (χ3v) is 3.31. The van der Waals surface area contributed by atoms with E-state index in [2.05, 4.69) is 48.4 Å². The lowest BCUT2D eigenvalue weighted by Gasteiger charge is -2.18. The molecule has 0 aliphatic rings. The molecule has 0 radical (unpaired) electrons. The molecule has 0 aliphatic carbocycles. The largest absolute Gasteiger partial charge is 0.476 e. The van der Waals surface area contributed by atoms with Crippen LogP contribution in [-0.4, -0.2) is 11.6 Å². The maximum Gasteiger partial charge on any atom is 0.237 e. The number of ether oxygens (including phenoxy) is 1. The maximum atomic E-state index is 5.54. The lowest BCUT2D eigenvalue weighted by Crippen LogP contribution is -2.09. The van der Waals surface area contributed by atoms with Crippen molar-refractivity contribution in [2.24, 2.45) is 0 Å². The average molecular weight is 270 g/mol. The first kappa shape index (κ1) is 14.4. The summed E-state index contributed by atoms with van der Waals surface area (Å²) in [5, 5.41) is 3.46. The fraction of sp³-hybridized carbons (Fsp3) is 0.353. The van der Waals surface area contributed by atoms with Crippen LogP contribution in [0.3, 0.4) is 0 Å². The van der Waals surface area contributed by atoms with Gasteiger partial charge in [0.1, 0.15) is 0 Å². The molecule has 2 rings (SSSR count). The van der Waals surface area contributed by atoms with Gasteiger partial charge in [-0.25, -0.2) is 4.98 Å². The summed E-state index contributed by atoms with van der Waals surface area (Å²) in [5.74, 6) is 0.659. The lowest BCUT2D eigenvalue weighted by molar-refractivity contribution is 0.328. The van der Waals surface area contributed by atoms with E-state index in [1.807, 2.05) is 19.1 Å². The number of nitrogens with zero attached hydrogens (tertiary/aromatic N) is 1. The van der Waals surface area contributed by atoms with E-state index in [4.69, 9.17) is 4.74 Å². The number of pyridine rings is 1. The lowest BCUT2D eigenvalue weighted by atomic mass is 10.0. The Morgan fingerprint density at radius 3 is 2.55 bits per heavy atom. The Hall–Kier alpha value is -2.03. The minimum atomic E-state index is 0.212. The second-order valence-corrected chi connectivity index (χ2v) is 4.75. The van der Waals surface area contributed by atoms with Crippen LogP contribution in [0, 0.1) is 0 Å². The van der Waals surface area contributed by atoms with Gasteiger partial charge >= 0.3 is 0 Å². The minimum absolute atomic E-state index is 0.212. The van der Waals surface area contributed by atoms with E-state index in [1.54, 1.807) is 6.20 Å². The number of nitrogens with one attached hydrogen (secondary N) is 1. The average Bonchev–Trinajstić information content (AvgIpc) is 2.49. The number of rotatable bonds is 6. The van der Waals surface area contributed by atoms with Gasteiger partial charge in [0.15, 0.2) is 0 Å². The molecular formula is C17H22N2O. The van der Waals surface area contributed by atoms with E-state index < -0.39 is 0 Å². The number of anilines is 1. The summed E-state index contributed by atoms with van der Waals surface area (Å²) in [6.07, 6.45) is 2.82.